The lowest BCUT2D eigenvalue weighted by molar-refractivity contribution is -0.124. The van der Waals surface area contributed by atoms with Gasteiger partial charge in [0.1, 0.15) is 4.88 Å². The lowest BCUT2D eigenvalue weighted by Gasteiger charge is -2.14. The average Bonchev–Trinajstić information content (AvgIpc) is 2.99. The molecule has 1 amide bonds. The Kier molecular flexibility index (Phi) is 5.36. The molecule has 0 fully saturated rings. The van der Waals surface area contributed by atoms with Gasteiger partial charge >= 0.3 is 5.97 Å². The summed E-state index contributed by atoms with van der Waals surface area (Å²) in [6.45, 7) is 1.53. The summed E-state index contributed by atoms with van der Waals surface area (Å²) in [6.07, 6.45) is 0. The van der Waals surface area contributed by atoms with Crippen molar-refractivity contribution >= 4 is 34.8 Å². The summed E-state index contributed by atoms with van der Waals surface area (Å²) in [5.41, 5.74) is 0.889. The topological polar surface area (TPSA) is 55.4 Å². The number of carbonyl (C=O) groups excluding carboxylic acids is 2. The minimum Gasteiger partial charge on any atom is -0.451 e. The zero-order valence-corrected chi connectivity index (χ0v) is 12.9. The van der Waals surface area contributed by atoms with Crippen LogP contribution >= 0.6 is 22.9 Å². The quantitative estimate of drug-likeness (QED) is 0.858. The zero-order chi connectivity index (χ0) is 15.2. The van der Waals surface area contributed by atoms with Crippen molar-refractivity contribution in [1.82, 2.24) is 5.32 Å². The van der Waals surface area contributed by atoms with E-state index in [1.807, 2.05) is 19.1 Å². The van der Waals surface area contributed by atoms with Gasteiger partial charge in [0, 0.05) is 5.02 Å². The number of halogens is 1. The molecule has 2 aromatic rings. The Labute approximate surface area is 131 Å². The summed E-state index contributed by atoms with van der Waals surface area (Å²) >= 11 is 7.18. The highest BCUT2D eigenvalue weighted by Crippen LogP contribution is 2.17. The fraction of sp³-hybridized carbons (Fsp3) is 0.200. The zero-order valence-electron chi connectivity index (χ0n) is 11.3. The molecule has 1 atom stereocenters. The number of amides is 1. The number of thiophene rings is 1. The Bertz CT molecular complexity index is 628. The second-order valence-electron chi connectivity index (χ2n) is 4.40. The molecule has 6 heteroatoms. The van der Waals surface area contributed by atoms with Crippen LogP contribution in [0.2, 0.25) is 5.02 Å². The number of carbonyl (C=O) groups is 2. The summed E-state index contributed by atoms with van der Waals surface area (Å²) in [6, 6.07) is 10.4. The van der Waals surface area contributed by atoms with Crippen molar-refractivity contribution in [2.75, 3.05) is 6.61 Å². The normalized spacial score (nSPS) is 11.7. The molecule has 4 nitrogen and oxygen atoms in total. The molecule has 1 heterocycles. The van der Waals surface area contributed by atoms with E-state index < -0.39 is 5.97 Å². The lowest BCUT2D eigenvalue weighted by atomic mass is 10.1. The smallest absolute Gasteiger partial charge is 0.348 e. The van der Waals surface area contributed by atoms with E-state index in [1.165, 1.54) is 11.3 Å². The Morgan fingerprint density at radius 2 is 2.14 bits per heavy atom. The monoisotopic (exact) mass is 323 g/mol. The molecular formula is C15H14ClNO3S. The second-order valence-corrected chi connectivity index (χ2v) is 5.78. The number of benzene rings is 1. The van der Waals surface area contributed by atoms with E-state index in [1.54, 1.807) is 29.6 Å². The molecule has 0 aliphatic rings. The number of nitrogens with one attached hydrogen (secondary N) is 1. The summed E-state index contributed by atoms with van der Waals surface area (Å²) in [7, 11) is 0. The molecule has 21 heavy (non-hydrogen) atoms. The molecule has 0 bridgehead atoms. The van der Waals surface area contributed by atoms with Crippen LogP contribution in [0.5, 0.6) is 0 Å². The van der Waals surface area contributed by atoms with E-state index in [-0.39, 0.29) is 18.6 Å². The fourth-order valence-corrected chi connectivity index (χ4v) is 2.55. The molecule has 2 rings (SSSR count). The highest BCUT2D eigenvalue weighted by Gasteiger charge is 2.13. The minimum atomic E-state index is -0.490. The predicted molar refractivity (Wildman–Crippen MR) is 82.6 cm³/mol. The molecule has 110 valence electrons. The third-order valence-corrected chi connectivity index (χ3v) is 3.87. The highest BCUT2D eigenvalue weighted by atomic mass is 35.5. The van der Waals surface area contributed by atoms with Gasteiger partial charge in [0.15, 0.2) is 6.61 Å². The summed E-state index contributed by atoms with van der Waals surface area (Å²) in [4.78, 5) is 23.8. The Morgan fingerprint density at radius 1 is 1.33 bits per heavy atom. The van der Waals surface area contributed by atoms with Gasteiger partial charge in [-0.15, -0.1) is 11.3 Å². The van der Waals surface area contributed by atoms with Gasteiger partial charge in [-0.2, -0.15) is 0 Å². The van der Waals surface area contributed by atoms with Crippen molar-refractivity contribution in [2.45, 2.75) is 13.0 Å². The average molecular weight is 324 g/mol. The first-order valence-corrected chi connectivity index (χ1v) is 7.57. The van der Waals surface area contributed by atoms with Crippen LogP contribution in [-0.2, 0) is 9.53 Å². The Morgan fingerprint density at radius 3 is 2.81 bits per heavy atom. The first-order valence-electron chi connectivity index (χ1n) is 6.31. The Hall–Kier alpha value is -1.85. The van der Waals surface area contributed by atoms with Crippen LogP contribution in [0.15, 0.2) is 41.8 Å². The summed E-state index contributed by atoms with van der Waals surface area (Å²) in [5, 5.41) is 5.14. The number of hydrogen-bond donors (Lipinski definition) is 1. The number of rotatable bonds is 5. The maximum atomic E-state index is 11.8. The van der Waals surface area contributed by atoms with E-state index in [9.17, 15) is 9.59 Å². The third-order valence-electron chi connectivity index (χ3n) is 2.78. The predicted octanol–water partition coefficient (Wildman–Crippen LogP) is 3.44. The van der Waals surface area contributed by atoms with Crippen LogP contribution < -0.4 is 5.32 Å². The maximum Gasteiger partial charge on any atom is 0.348 e. The third kappa shape index (κ3) is 4.58. The molecule has 1 N–H and O–H groups in total. The van der Waals surface area contributed by atoms with Crippen LogP contribution in [0.1, 0.15) is 28.2 Å². The van der Waals surface area contributed by atoms with Gasteiger partial charge in [0.2, 0.25) is 0 Å². The lowest BCUT2D eigenvalue weighted by Crippen LogP contribution is -2.31. The first kappa shape index (κ1) is 15.5. The molecule has 0 spiro atoms. The van der Waals surface area contributed by atoms with Crippen molar-refractivity contribution in [3.05, 3.63) is 57.2 Å². The fourth-order valence-electron chi connectivity index (χ4n) is 1.74. The van der Waals surface area contributed by atoms with Crippen molar-refractivity contribution < 1.29 is 14.3 Å². The van der Waals surface area contributed by atoms with E-state index in [0.29, 0.717) is 9.90 Å². The van der Waals surface area contributed by atoms with Crippen LogP contribution in [-0.4, -0.2) is 18.5 Å². The van der Waals surface area contributed by atoms with Crippen LogP contribution in [0.4, 0.5) is 0 Å². The molecule has 1 unspecified atom stereocenters. The van der Waals surface area contributed by atoms with Gasteiger partial charge in [-0.25, -0.2) is 4.79 Å². The standard InChI is InChI=1S/C15H14ClNO3S/c1-10(11-4-2-5-12(16)8-11)17-14(18)9-20-15(19)13-6-3-7-21-13/h2-8,10H,9H2,1H3,(H,17,18). The molecule has 1 aromatic heterocycles. The largest absolute Gasteiger partial charge is 0.451 e. The van der Waals surface area contributed by atoms with Gasteiger partial charge in [0.25, 0.3) is 5.91 Å². The van der Waals surface area contributed by atoms with Crippen molar-refractivity contribution in [3.63, 3.8) is 0 Å². The van der Waals surface area contributed by atoms with E-state index in [4.69, 9.17) is 16.3 Å². The van der Waals surface area contributed by atoms with Crippen LogP contribution in [0.25, 0.3) is 0 Å². The van der Waals surface area contributed by atoms with Crippen LogP contribution in [0, 0.1) is 0 Å². The highest BCUT2D eigenvalue weighted by molar-refractivity contribution is 7.11. The van der Waals surface area contributed by atoms with E-state index in [0.717, 1.165) is 5.56 Å². The minimum absolute atomic E-state index is 0.211. The second kappa shape index (κ2) is 7.24. The first-order chi connectivity index (χ1) is 10.1. The van der Waals surface area contributed by atoms with Gasteiger partial charge in [-0.1, -0.05) is 29.8 Å². The molecule has 0 aliphatic heterocycles. The number of esters is 1. The van der Waals surface area contributed by atoms with Crippen molar-refractivity contribution in [1.29, 1.82) is 0 Å². The van der Waals surface area contributed by atoms with Crippen molar-refractivity contribution in [2.24, 2.45) is 0 Å². The Balaban J connectivity index is 1.83. The van der Waals surface area contributed by atoms with Gasteiger partial charge in [-0.05, 0) is 36.1 Å². The van der Waals surface area contributed by atoms with Gasteiger partial charge in [0.05, 0.1) is 6.04 Å². The maximum absolute atomic E-state index is 11.8. The van der Waals surface area contributed by atoms with E-state index >= 15 is 0 Å². The van der Waals surface area contributed by atoms with E-state index in [2.05, 4.69) is 5.32 Å². The van der Waals surface area contributed by atoms with Crippen molar-refractivity contribution in [3.8, 4) is 0 Å². The van der Waals surface area contributed by atoms with Crippen LogP contribution in [0.3, 0.4) is 0 Å². The molecule has 1 aromatic carbocycles. The molecular weight excluding hydrogens is 310 g/mol. The molecule has 0 saturated heterocycles. The SMILES string of the molecule is CC(NC(=O)COC(=O)c1cccs1)c1cccc(Cl)c1. The molecule has 0 saturated carbocycles. The van der Waals surface area contributed by atoms with Gasteiger partial charge in [-0.3, -0.25) is 4.79 Å². The van der Waals surface area contributed by atoms with Gasteiger partial charge < -0.3 is 10.1 Å². The number of ether oxygens (including phenoxy) is 1. The molecule has 0 aliphatic carbocycles. The number of hydrogen-bond acceptors (Lipinski definition) is 4. The molecule has 0 radical (unpaired) electrons. The summed E-state index contributed by atoms with van der Waals surface area (Å²) < 4.78 is 4.94. The summed E-state index contributed by atoms with van der Waals surface area (Å²) in [5.74, 6) is -0.844.